The van der Waals surface area contributed by atoms with E-state index in [1.165, 1.54) is 18.7 Å². The Labute approximate surface area is 157 Å². The summed E-state index contributed by atoms with van der Waals surface area (Å²) in [5.74, 6) is 0.422. The Bertz CT molecular complexity index is 849. The number of hydrogen-bond donors (Lipinski definition) is 1. The molecule has 3 rings (SSSR count). The molecule has 1 aliphatic heterocycles. The van der Waals surface area contributed by atoms with Gasteiger partial charge in [0.1, 0.15) is 0 Å². The summed E-state index contributed by atoms with van der Waals surface area (Å²) >= 11 is 1.43. The molecule has 0 saturated carbocycles. The predicted octanol–water partition coefficient (Wildman–Crippen LogP) is 4.08. The molecule has 0 spiro atoms. The number of nitrogens with zero attached hydrogens (tertiary/aromatic N) is 2. The van der Waals surface area contributed by atoms with E-state index in [0.717, 1.165) is 17.8 Å². The lowest BCUT2D eigenvalue weighted by atomic mass is 10.1. The van der Waals surface area contributed by atoms with E-state index in [2.05, 4.69) is 5.32 Å². The fourth-order valence-electron chi connectivity index (χ4n) is 2.69. The third-order valence-corrected chi connectivity index (χ3v) is 4.99. The van der Waals surface area contributed by atoms with Crippen molar-refractivity contribution in [3.63, 3.8) is 0 Å². The molecule has 0 radical (unpaired) electrons. The first-order chi connectivity index (χ1) is 12.6. The Hall–Kier alpha value is -2.60. The normalized spacial score (nSPS) is 15.5. The molecule has 1 amide bonds. The van der Waals surface area contributed by atoms with Crippen LogP contribution in [0.3, 0.4) is 0 Å². The molecule has 0 atom stereocenters. The molecule has 1 saturated heterocycles. The minimum Gasteiger partial charge on any atom is -0.384 e. The van der Waals surface area contributed by atoms with Crippen molar-refractivity contribution in [3.05, 3.63) is 59.7 Å². The largest absolute Gasteiger partial charge is 0.384 e. The zero-order valence-electron chi connectivity index (χ0n) is 14.9. The number of amidine groups is 1. The molecule has 2 aromatic rings. The highest BCUT2D eigenvalue weighted by Crippen LogP contribution is 2.31. The number of thioether (sulfide) groups is 1. The van der Waals surface area contributed by atoms with Gasteiger partial charge in [0, 0.05) is 12.1 Å². The molecule has 6 heteroatoms. The van der Waals surface area contributed by atoms with Gasteiger partial charge >= 0.3 is 0 Å². The minimum atomic E-state index is -0.00853. The number of carbonyl (C=O) groups is 2. The zero-order chi connectivity index (χ0) is 18.5. The van der Waals surface area contributed by atoms with Crippen molar-refractivity contribution < 1.29 is 9.59 Å². The van der Waals surface area contributed by atoms with Crippen molar-refractivity contribution in [2.75, 3.05) is 17.6 Å². The van der Waals surface area contributed by atoms with Gasteiger partial charge in [-0.2, -0.15) is 0 Å². The fraction of sp³-hybridized carbons (Fsp3) is 0.250. The Morgan fingerprint density at radius 1 is 1.23 bits per heavy atom. The lowest BCUT2D eigenvalue weighted by Gasteiger charge is -2.17. The maximum absolute atomic E-state index is 12.3. The summed E-state index contributed by atoms with van der Waals surface area (Å²) in [6.45, 7) is 4.78. The molecule has 1 heterocycles. The van der Waals surface area contributed by atoms with Crippen molar-refractivity contribution in [3.8, 4) is 0 Å². The maximum atomic E-state index is 12.3. The first-order valence-corrected chi connectivity index (χ1v) is 9.51. The van der Waals surface area contributed by atoms with E-state index in [0.29, 0.717) is 28.7 Å². The number of hydrogen-bond acceptors (Lipinski definition) is 5. The van der Waals surface area contributed by atoms with Crippen LogP contribution in [0, 0.1) is 0 Å². The van der Waals surface area contributed by atoms with Crippen LogP contribution < -0.4 is 5.32 Å². The van der Waals surface area contributed by atoms with Crippen LogP contribution in [0.25, 0.3) is 0 Å². The lowest BCUT2D eigenvalue weighted by Crippen LogP contribution is -2.28. The van der Waals surface area contributed by atoms with Crippen LogP contribution in [0.5, 0.6) is 0 Å². The van der Waals surface area contributed by atoms with Gasteiger partial charge in [-0.25, -0.2) is 4.99 Å². The van der Waals surface area contributed by atoms with E-state index >= 15 is 0 Å². The Kier molecular flexibility index (Phi) is 5.73. The number of aliphatic imine (C=N–C) groups is 1. The summed E-state index contributed by atoms with van der Waals surface area (Å²) in [6.07, 6.45) is 0. The molecule has 1 aliphatic rings. The van der Waals surface area contributed by atoms with E-state index in [1.807, 2.05) is 43.3 Å². The van der Waals surface area contributed by atoms with E-state index in [-0.39, 0.29) is 11.7 Å². The minimum absolute atomic E-state index is 0.00853. The van der Waals surface area contributed by atoms with Crippen LogP contribution >= 0.6 is 11.8 Å². The summed E-state index contributed by atoms with van der Waals surface area (Å²) < 4.78 is 0. The van der Waals surface area contributed by atoms with Crippen LogP contribution in [-0.2, 0) is 11.3 Å². The standard InChI is InChI=1S/C20H21N3O2S/c1-3-21-17-10-9-16(14(2)24)11-18(17)22-20-23(19(25)13-26-20)12-15-7-5-4-6-8-15/h4-11,21H,3,12-13H2,1-2H3/b22-20-. The molecule has 0 unspecified atom stereocenters. The fourth-order valence-corrected chi connectivity index (χ4v) is 3.58. The lowest BCUT2D eigenvalue weighted by molar-refractivity contribution is -0.124. The average Bonchev–Trinajstić information content (AvgIpc) is 2.97. The summed E-state index contributed by atoms with van der Waals surface area (Å²) in [6, 6.07) is 15.3. The third-order valence-electron chi connectivity index (χ3n) is 4.03. The van der Waals surface area contributed by atoms with Gasteiger partial charge in [-0.1, -0.05) is 42.1 Å². The van der Waals surface area contributed by atoms with Gasteiger partial charge in [-0.3, -0.25) is 14.5 Å². The number of rotatable bonds is 6. The van der Waals surface area contributed by atoms with Crippen molar-refractivity contribution in [2.45, 2.75) is 20.4 Å². The van der Waals surface area contributed by atoms with E-state index in [4.69, 9.17) is 4.99 Å². The van der Waals surface area contributed by atoms with Crippen molar-refractivity contribution >= 4 is 40.0 Å². The number of carbonyl (C=O) groups excluding carboxylic acids is 2. The number of nitrogens with one attached hydrogen (secondary N) is 1. The number of ketones is 1. The summed E-state index contributed by atoms with van der Waals surface area (Å²) in [5, 5.41) is 3.93. The van der Waals surface area contributed by atoms with Gasteiger partial charge in [0.15, 0.2) is 11.0 Å². The molecular formula is C20H21N3O2S. The number of anilines is 1. The van der Waals surface area contributed by atoms with Gasteiger partial charge in [0.25, 0.3) is 0 Å². The predicted molar refractivity (Wildman–Crippen MR) is 107 cm³/mol. The molecular weight excluding hydrogens is 346 g/mol. The molecule has 5 nitrogen and oxygen atoms in total. The highest BCUT2D eigenvalue weighted by Gasteiger charge is 2.28. The molecule has 1 N–H and O–H groups in total. The van der Waals surface area contributed by atoms with Crippen molar-refractivity contribution in [2.24, 2.45) is 4.99 Å². The summed E-state index contributed by atoms with van der Waals surface area (Å²) in [4.78, 5) is 30.5. The van der Waals surface area contributed by atoms with Gasteiger partial charge in [0.2, 0.25) is 5.91 Å². The Balaban J connectivity index is 1.95. The molecule has 1 fully saturated rings. The van der Waals surface area contributed by atoms with Crippen LogP contribution in [0.2, 0.25) is 0 Å². The molecule has 134 valence electrons. The first-order valence-electron chi connectivity index (χ1n) is 8.53. The Morgan fingerprint density at radius 3 is 2.69 bits per heavy atom. The van der Waals surface area contributed by atoms with Crippen molar-refractivity contribution in [1.82, 2.24) is 4.90 Å². The van der Waals surface area contributed by atoms with Crippen LogP contribution in [0.15, 0.2) is 53.5 Å². The van der Waals surface area contributed by atoms with E-state index < -0.39 is 0 Å². The second-order valence-corrected chi connectivity index (χ2v) is 6.91. The highest BCUT2D eigenvalue weighted by molar-refractivity contribution is 8.15. The van der Waals surface area contributed by atoms with Gasteiger partial charge < -0.3 is 5.32 Å². The maximum Gasteiger partial charge on any atom is 0.239 e. The van der Waals surface area contributed by atoms with E-state index in [9.17, 15) is 9.59 Å². The second kappa shape index (κ2) is 8.19. The number of benzene rings is 2. The van der Waals surface area contributed by atoms with Crippen LogP contribution in [0.1, 0.15) is 29.8 Å². The van der Waals surface area contributed by atoms with Crippen LogP contribution in [-0.4, -0.2) is 34.1 Å². The number of Topliss-reactive ketones (excluding diaryl/α,β-unsaturated/α-hetero) is 1. The van der Waals surface area contributed by atoms with E-state index in [1.54, 1.807) is 17.0 Å². The second-order valence-electron chi connectivity index (χ2n) is 5.97. The quantitative estimate of drug-likeness (QED) is 0.782. The highest BCUT2D eigenvalue weighted by atomic mass is 32.2. The van der Waals surface area contributed by atoms with Crippen LogP contribution in [0.4, 0.5) is 11.4 Å². The third kappa shape index (κ3) is 4.14. The zero-order valence-corrected chi connectivity index (χ0v) is 15.7. The summed E-state index contributed by atoms with van der Waals surface area (Å²) in [5.41, 5.74) is 3.19. The molecule has 0 aromatic heterocycles. The smallest absolute Gasteiger partial charge is 0.239 e. The van der Waals surface area contributed by atoms with Gasteiger partial charge in [-0.15, -0.1) is 0 Å². The monoisotopic (exact) mass is 367 g/mol. The molecule has 0 aliphatic carbocycles. The summed E-state index contributed by atoms with van der Waals surface area (Å²) in [7, 11) is 0. The molecule has 2 aromatic carbocycles. The molecule has 0 bridgehead atoms. The number of amides is 1. The van der Waals surface area contributed by atoms with Gasteiger partial charge in [-0.05, 0) is 37.6 Å². The Morgan fingerprint density at radius 2 is 2.00 bits per heavy atom. The topological polar surface area (TPSA) is 61.8 Å². The first kappa shape index (κ1) is 18.2. The SMILES string of the molecule is CCNc1ccc(C(C)=O)cc1/N=C1\SCC(=O)N1Cc1ccccc1. The molecule has 26 heavy (non-hydrogen) atoms. The average molecular weight is 367 g/mol. The van der Waals surface area contributed by atoms with Crippen molar-refractivity contribution in [1.29, 1.82) is 0 Å². The van der Waals surface area contributed by atoms with Gasteiger partial charge in [0.05, 0.1) is 23.7 Å².